The monoisotopic (exact) mass is 499 g/mol. The van der Waals surface area contributed by atoms with Crippen molar-refractivity contribution in [3.05, 3.63) is 41.3 Å². The Bertz CT molecular complexity index is 1110. The molecular weight excluding hydrogens is 469 g/mol. The minimum absolute atomic E-state index is 0.140. The lowest BCUT2D eigenvalue weighted by molar-refractivity contribution is -0.139. The van der Waals surface area contributed by atoms with Crippen molar-refractivity contribution in [2.45, 2.75) is 57.3 Å². The second-order valence-corrected chi connectivity index (χ2v) is 10.5. The second kappa shape index (κ2) is 11.2. The highest BCUT2D eigenvalue weighted by Crippen LogP contribution is 2.36. The first kappa shape index (κ1) is 27.6. The van der Waals surface area contributed by atoms with Crippen molar-refractivity contribution in [3.63, 3.8) is 0 Å². The van der Waals surface area contributed by atoms with E-state index in [0.29, 0.717) is 11.3 Å². The molecular formula is C22H30FN3O7S. The first-order valence-electron chi connectivity index (χ1n) is 10.6. The molecule has 1 unspecified atom stereocenters. The van der Waals surface area contributed by atoms with E-state index < -0.39 is 46.5 Å². The zero-order chi connectivity index (χ0) is 25.8. The number of aliphatic hydroxyl groups is 3. The Balaban J connectivity index is 2.59. The number of halogens is 1. The molecule has 0 spiro atoms. The van der Waals surface area contributed by atoms with Gasteiger partial charge in [-0.1, -0.05) is 13.8 Å². The largest absolute Gasteiger partial charge is 0.481 e. The van der Waals surface area contributed by atoms with Crippen LogP contribution in [0.4, 0.5) is 10.3 Å². The van der Waals surface area contributed by atoms with E-state index >= 15 is 0 Å². The van der Waals surface area contributed by atoms with Gasteiger partial charge in [0, 0.05) is 24.6 Å². The highest BCUT2D eigenvalue weighted by atomic mass is 32.2. The fourth-order valence-electron chi connectivity index (χ4n) is 3.43. The number of aliphatic hydroxyl groups excluding tert-OH is 3. The Labute approximate surface area is 197 Å². The highest BCUT2D eigenvalue weighted by Gasteiger charge is 2.28. The summed E-state index contributed by atoms with van der Waals surface area (Å²) in [6.45, 7) is 3.56. The van der Waals surface area contributed by atoms with Crippen LogP contribution in [-0.2, 0) is 14.8 Å². The van der Waals surface area contributed by atoms with Crippen molar-refractivity contribution in [2.24, 2.45) is 0 Å². The third-order valence-electron chi connectivity index (χ3n) is 5.19. The molecule has 2 aromatic rings. The van der Waals surface area contributed by atoms with Crippen molar-refractivity contribution >= 4 is 21.9 Å². The molecule has 1 heterocycles. The van der Waals surface area contributed by atoms with Crippen molar-refractivity contribution in [1.82, 2.24) is 9.97 Å². The maximum Gasteiger partial charge on any atom is 0.305 e. The number of rotatable bonds is 11. The minimum Gasteiger partial charge on any atom is -0.481 e. The molecule has 2 rings (SSSR count). The Kier molecular flexibility index (Phi) is 9.06. The number of carboxylic acids is 1. The fraction of sp³-hybridized carbons (Fsp3) is 0.500. The molecule has 3 atom stereocenters. The third-order valence-corrected chi connectivity index (χ3v) is 6.35. The molecule has 188 valence electrons. The van der Waals surface area contributed by atoms with Gasteiger partial charge >= 0.3 is 5.97 Å². The molecule has 1 aromatic carbocycles. The molecule has 0 aliphatic rings. The van der Waals surface area contributed by atoms with Crippen molar-refractivity contribution in [2.75, 3.05) is 17.6 Å². The van der Waals surface area contributed by atoms with Gasteiger partial charge in [-0.3, -0.25) is 4.79 Å². The number of sulfonamides is 1. The van der Waals surface area contributed by atoms with Crippen LogP contribution in [0.5, 0.6) is 0 Å². The summed E-state index contributed by atoms with van der Waals surface area (Å²) >= 11 is 0. The third kappa shape index (κ3) is 7.16. The van der Waals surface area contributed by atoms with Crippen LogP contribution >= 0.6 is 0 Å². The average Bonchev–Trinajstić information content (AvgIpc) is 2.71. The normalized spacial score (nSPS) is 14.6. The molecule has 0 saturated heterocycles. The topological polar surface area (TPSA) is 161 Å². The van der Waals surface area contributed by atoms with E-state index in [9.17, 15) is 32.9 Å². The van der Waals surface area contributed by atoms with Crippen LogP contribution in [0.1, 0.15) is 56.4 Å². The molecule has 0 aliphatic heterocycles. The molecule has 1 aromatic heterocycles. The first-order valence-corrected chi connectivity index (χ1v) is 12.4. The van der Waals surface area contributed by atoms with Gasteiger partial charge in [-0.15, -0.1) is 0 Å². The van der Waals surface area contributed by atoms with Crippen LogP contribution in [-0.4, -0.2) is 70.3 Å². The number of aliphatic carboxylic acids is 1. The van der Waals surface area contributed by atoms with Gasteiger partial charge in [-0.25, -0.2) is 27.1 Å². The summed E-state index contributed by atoms with van der Waals surface area (Å²) in [5.41, 5.74) is 1.10. The molecule has 10 nitrogen and oxygen atoms in total. The number of hydrogen-bond acceptors (Lipinski definition) is 8. The predicted molar refractivity (Wildman–Crippen MR) is 123 cm³/mol. The van der Waals surface area contributed by atoms with E-state index in [1.54, 1.807) is 13.8 Å². The molecule has 4 N–H and O–H groups in total. The Morgan fingerprint density at radius 3 is 2.15 bits per heavy atom. The van der Waals surface area contributed by atoms with Crippen molar-refractivity contribution in [3.8, 4) is 11.3 Å². The smallest absolute Gasteiger partial charge is 0.305 e. The van der Waals surface area contributed by atoms with Gasteiger partial charge in [0.05, 0.1) is 42.4 Å². The number of nitrogens with zero attached hydrogens (tertiary/aromatic N) is 3. The van der Waals surface area contributed by atoms with E-state index in [-0.39, 0.29) is 36.0 Å². The molecule has 0 amide bonds. The molecule has 12 heteroatoms. The number of carbonyl (C=O) groups is 1. The Morgan fingerprint density at radius 1 is 1.06 bits per heavy atom. The quantitative estimate of drug-likeness (QED) is 0.361. The van der Waals surface area contributed by atoms with Crippen LogP contribution in [0.3, 0.4) is 0 Å². The summed E-state index contributed by atoms with van der Waals surface area (Å²) in [5.74, 6) is -2.16. The molecule has 0 radical (unpaired) electrons. The standard InChI is InChI=1S/C22H30FN3O7S/c1-12(2)20-19(17(29)10-15(27)9-16(28)11-18(30)31)21(13-5-7-14(23)8-6-13)25-22(24-20)26(3)34(4,32)33/h5-8,12,15-17,27-29H,9-11H2,1-4H3,(H,30,31)/t15-,16+,17?/m0/s1. The summed E-state index contributed by atoms with van der Waals surface area (Å²) in [4.78, 5) is 19.5. The Hall–Kier alpha value is -2.67. The minimum atomic E-state index is -3.71. The van der Waals surface area contributed by atoms with Crippen LogP contribution in [0, 0.1) is 5.82 Å². The van der Waals surface area contributed by atoms with Gasteiger partial charge in [0.25, 0.3) is 0 Å². The van der Waals surface area contributed by atoms with Gasteiger partial charge in [0.1, 0.15) is 5.82 Å². The lowest BCUT2D eigenvalue weighted by Gasteiger charge is -2.25. The zero-order valence-corrected chi connectivity index (χ0v) is 20.2. The zero-order valence-electron chi connectivity index (χ0n) is 19.4. The van der Waals surface area contributed by atoms with E-state index in [1.165, 1.54) is 31.3 Å². The Morgan fingerprint density at radius 2 is 1.65 bits per heavy atom. The van der Waals surface area contributed by atoms with Gasteiger partial charge in [0.15, 0.2) is 0 Å². The molecule has 0 aliphatic carbocycles. The highest BCUT2D eigenvalue weighted by molar-refractivity contribution is 7.92. The van der Waals surface area contributed by atoms with Crippen LogP contribution in [0.25, 0.3) is 11.3 Å². The van der Waals surface area contributed by atoms with Crippen LogP contribution in [0.2, 0.25) is 0 Å². The summed E-state index contributed by atoms with van der Waals surface area (Å²) in [5, 5.41) is 40.0. The number of carboxylic acid groups (broad SMARTS) is 1. The van der Waals surface area contributed by atoms with Crippen LogP contribution in [0.15, 0.2) is 24.3 Å². The summed E-state index contributed by atoms with van der Waals surface area (Å²) in [6, 6.07) is 5.24. The molecule has 34 heavy (non-hydrogen) atoms. The maximum atomic E-state index is 13.5. The first-order chi connectivity index (χ1) is 15.7. The maximum absolute atomic E-state index is 13.5. The summed E-state index contributed by atoms with van der Waals surface area (Å²) in [6.07, 6.45) is -4.00. The van der Waals surface area contributed by atoms with Crippen molar-refractivity contribution in [1.29, 1.82) is 0 Å². The van der Waals surface area contributed by atoms with Gasteiger partial charge < -0.3 is 20.4 Å². The van der Waals surface area contributed by atoms with Gasteiger partial charge in [-0.05, 0) is 36.6 Å². The molecule has 0 fully saturated rings. The average molecular weight is 500 g/mol. The van der Waals surface area contributed by atoms with E-state index in [4.69, 9.17) is 5.11 Å². The fourth-order valence-corrected chi connectivity index (χ4v) is 3.81. The molecule has 0 saturated carbocycles. The van der Waals surface area contributed by atoms with E-state index in [2.05, 4.69) is 9.97 Å². The molecule has 0 bridgehead atoms. The van der Waals surface area contributed by atoms with Gasteiger partial charge in [-0.2, -0.15) is 0 Å². The lowest BCUT2D eigenvalue weighted by atomic mass is 9.91. The summed E-state index contributed by atoms with van der Waals surface area (Å²) < 4.78 is 38.6. The van der Waals surface area contributed by atoms with Crippen molar-refractivity contribution < 1.29 is 38.0 Å². The number of aromatic nitrogens is 2. The van der Waals surface area contributed by atoms with E-state index in [0.717, 1.165) is 10.6 Å². The lowest BCUT2D eigenvalue weighted by Crippen LogP contribution is -2.28. The number of hydrogen-bond donors (Lipinski definition) is 4. The van der Waals surface area contributed by atoms with E-state index in [1.807, 2.05) is 0 Å². The number of anilines is 1. The van der Waals surface area contributed by atoms with Gasteiger partial charge in [0.2, 0.25) is 16.0 Å². The second-order valence-electron chi connectivity index (χ2n) is 8.46. The SMILES string of the molecule is CC(C)c1nc(N(C)S(C)(=O)=O)nc(-c2ccc(F)cc2)c1C(O)C[C@@H](O)C[C@@H](O)CC(=O)O. The summed E-state index contributed by atoms with van der Waals surface area (Å²) in [7, 11) is -2.42. The predicted octanol–water partition coefficient (Wildman–Crippen LogP) is 1.81. The number of benzene rings is 1. The van der Waals surface area contributed by atoms with Crippen LogP contribution < -0.4 is 4.31 Å².